The van der Waals surface area contributed by atoms with Crippen molar-refractivity contribution in [3.05, 3.63) is 0 Å². The van der Waals surface area contributed by atoms with E-state index in [1.807, 2.05) is 4.90 Å². The Labute approximate surface area is 120 Å². The zero-order valence-electron chi connectivity index (χ0n) is 12.1. The molecule has 0 aromatic rings. The third kappa shape index (κ3) is 2.33. The molecule has 3 aliphatic rings. The molecule has 4 nitrogen and oxygen atoms in total. The first-order chi connectivity index (χ1) is 9.62. The first-order valence-electron chi connectivity index (χ1n) is 8.13. The predicted octanol–water partition coefficient (Wildman–Crippen LogP) is 2.67. The number of hydrogen-bond donors (Lipinski definition) is 1. The summed E-state index contributed by atoms with van der Waals surface area (Å²) in [4.78, 5) is 25.9. The third-order valence-corrected chi connectivity index (χ3v) is 5.84. The zero-order chi connectivity index (χ0) is 14.2. The minimum Gasteiger partial charge on any atom is -0.481 e. The smallest absolute Gasteiger partial charge is 0.311 e. The summed E-state index contributed by atoms with van der Waals surface area (Å²) in [6.07, 6.45) is 9.52. The summed E-state index contributed by atoms with van der Waals surface area (Å²) < 4.78 is 0. The summed E-state index contributed by atoms with van der Waals surface area (Å²) in [6.45, 7) is 1.14. The Kier molecular flexibility index (Phi) is 3.74. The van der Waals surface area contributed by atoms with Crippen LogP contribution < -0.4 is 0 Å². The highest BCUT2D eigenvalue weighted by atomic mass is 16.4. The van der Waals surface area contributed by atoms with Crippen LogP contribution in [0.1, 0.15) is 57.8 Å². The molecule has 3 rings (SSSR count). The molecule has 1 N–H and O–H groups in total. The number of carboxylic acid groups (broad SMARTS) is 1. The van der Waals surface area contributed by atoms with E-state index in [-0.39, 0.29) is 11.8 Å². The molecule has 3 fully saturated rings. The molecule has 1 aliphatic heterocycles. The number of carbonyl (C=O) groups excluding carboxylic acids is 1. The van der Waals surface area contributed by atoms with Crippen LogP contribution in [0.3, 0.4) is 0 Å². The van der Waals surface area contributed by atoms with E-state index in [0.29, 0.717) is 25.4 Å². The predicted molar refractivity (Wildman–Crippen MR) is 75.2 cm³/mol. The first-order valence-corrected chi connectivity index (χ1v) is 8.13. The molecule has 1 heterocycles. The van der Waals surface area contributed by atoms with E-state index < -0.39 is 11.4 Å². The maximum Gasteiger partial charge on any atom is 0.311 e. The third-order valence-electron chi connectivity index (χ3n) is 5.84. The molecule has 0 bridgehead atoms. The van der Waals surface area contributed by atoms with Crippen molar-refractivity contribution in [3.63, 3.8) is 0 Å². The van der Waals surface area contributed by atoms with Gasteiger partial charge in [0, 0.05) is 19.5 Å². The summed E-state index contributed by atoms with van der Waals surface area (Å²) in [7, 11) is 0. The van der Waals surface area contributed by atoms with Gasteiger partial charge in [-0.05, 0) is 37.5 Å². The standard InChI is InChI=1S/C16H25NO3/c18-14(9-12-5-2-1-3-6-12)17-10-13-7-4-8-16(13,11-17)15(19)20/h12-13H,1-11H2,(H,19,20)/t13-,16+/m0/s1. The van der Waals surface area contributed by atoms with Gasteiger partial charge in [0.1, 0.15) is 0 Å². The van der Waals surface area contributed by atoms with Gasteiger partial charge >= 0.3 is 5.97 Å². The van der Waals surface area contributed by atoms with Crippen molar-refractivity contribution in [2.45, 2.75) is 57.8 Å². The second-order valence-corrected chi connectivity index (χ2v) is 7.03. The number of fused-ring (bicyclic) bond motifs is 1. The molecule has 4 heteroatoms. The van der Waals surface area contributed by atoms with Crippen LogP contribution in [0, 0.1) is 17.3 Å². The van der Waals surface area contributed by atoms with Crippen LogP contribution in [0.25, 0.3) is 0 Å². The topological polar surface area (TPSA) is 57.6 Å². The van der Waals surface area contributed by atoms with Crippen molar-refractivity contribution in [1.29, 1.82) is 0 Å². The minimum atomic E-state index is -0.687. The van der Waals surface area contributed by atoms with Crippen molar-refractivity contribution < 1.29 is 14.7 Å². The minimum absolute atomic E-state index is 0.190. The number of amides is 1. The van der Waals surface area contributed by atoms with Gasteiger partial charge in [0.2, 0.25) is 5.91 Å². The average Bonchev–Trinajstić information content (AvgIpc) is 2.97. The van der Waals surface area contributed by atoms with Crippen LogP contribution in [0.2, 0.25) is 0 Å². The monoisotopic (exact) mass is 279 g/mol. The Balaban J connectivity index is 1.61. The lowest BCUT2D eigenvalue weighted by Gasteiger charge is -2.26. The van der Waals surface area contributed by atoms with Gasteiger partial charge < -0.3 is 10.0 Å². The number of rotatable bonds is 3. The van der Waals surface area contributed by atoms with Crippen molar-refractivity contribution in [2.75, 3.05) is 13.1 Å². The largest absolute Gasteiger partial charge is 0.481 e. The highest BCUT2D eigenvalue weighted by Gasteiger charge is 2.55. The lowest BCUT2D eigenvalue weighted by Crippen LogP contribution is -2.37. The van der Waals surface area contributed by atoms with Crippen LogP contribution in [-0.4, -0.2) is 35.0 Å². The molecule has 112 valence electrons. The van der Waals surface area contributed by atoms with E-state index >= 15 is 0 Å². The molecule has 2 saturated carbocycles. The molecule has 0 aromatic carbocycles. The van der Waals surface area contributed by atoms with Gasteiger partial charge in [-0.15, -0.1) is 0 Å². The van der Waals surface area contributed by atoms with Gasteiger partial charge in [0.25, 0.3) is 0 Å². The van der Waals surface area contributed by atoms with Crippen molar-refractivity contribution in [2.24, 2.45) is 17.3 Å². The fraction of sp³-hybridized carbons (Fsp3) is 0.875. The molecule has 1 saturated heterocycles. The van der Waals surface area contributed by atoms with Gasteiger partial charge in [-0.2, -0.15) is 0 Å². The number of likely N-dealkylation sites (tertiary alicyclic amines) is 1. The molecule has 0 unspecified atom stereocenters. The normalized spacial score (nSPS) is 34.2. The van der Waals surface area contributed by atoms with Crippen LogP contribution in [0.4, 0.5) is 0 Å². The van der Waals surface area contributed by atoms with Gasteiger partial charge in [0.15, 0.2) is 0 Å². The van der Waals surface area contributed by atoms with Gasteiger partial charge in [-0.25, -0.2) is 0 Å². The summed E-state index contributed by atoms with van der Waals surface area (Å²) in [5.74, 6) is 0.243. The van der Waals surface area contributed by atoms with Crippen LogP contribution >= 0.6 is 0 Å². The van der Waals surface area contributed by atoms with Crippen molar-refractivity contribution in [3.8, 4) is 0 Å². The van der Waals surface area contributed by atoms with E-state index in [1.165, 1.54) is 32.1 Å². The van der Waals surface area contributed by atoms with Gasteiger partial charge in [-0.1, -0.05) is 25.7 Å². The molecular formula is C16H25NO3. The second-order valence-electron chi connectivity index (χ2n) is 7.03. The number of aliphatic carboxylic acids is 1. The Morgan fingerprint density at radius 3 is 2.50 bits per heavy atom. The van der Waals surface area contributed by atoms with Crippen molar-refractivity contribution >= 4 is 11.9 Å². The Bertz CT molecular complexity index is 403. The molecule has 0 radical (unpaired) electrons. The van der Waals surface area contributed by atoms with Crippen molar-refractivity contribution in [1.82, 2.24) is 4.90 Å². The second kappa shape index (κ2) is 5.38. The molecule has 1 amide bonds. The average molecular weight is 279 g/mol. The Morgan fingerprint density at radius 2 is 1.85 bits per heavy atom. The SMILES string of the molecule is O=C(CC1CCCCC1)N1C[C@@H]2CCC[C@@]2(C(=O)O)C1. The van der Waals surface area contributed by atoms with Crippen LogP contribution in [-0.2, 0) is 9.59 Å². The maximum atomic E-state index is 12.4. The summed E-state index contributed by atoms with van der Waals surface area (Å²) in [6, 6.07) is 0. The number of carbonyl (C=O) groups is 2. The van der Waals surface area contributed by atoms with E-state index in [0.717, 1.165) is 19.3 Å². The first kappa shape index (κ1) is 13.9. The van der Waals surface area contributed by atoms with Gasteiger partial charge in [0.05, 0.1) is 5.41 Å². The van der Waals surface area contributed by atoms with E-state index in [4.69, 9.17) is 0 Å². The molecule has 0 aromatic heterocycles. The fourth-order valence-electron chi connectivity index (χ4n) is 4.60. The van der Waals surface area contributed by atoms with E-state index in [1.54, 1.807) is 0 Å². The maximum absolute atomic E-state index is 12.4. The van der Waals surface area contributed by atoms with E-state index in [9.17, 15) is 14.7 Å². The molecular weight excluding hydrogens is 254 g/mol. The molecule has 2 atom stereocenters. The quantitative estimate of drug-likeness (QED) is 0.864. The highest BCUT2D eigenvalue weighted by molar-refractivity contribution is 5.81. The van der Waals surface area contributed by atoms with Crippen LogP contribution in [0.5, 0.6) is 0 Å². The number of hydrogen-bond acceptors (Lipinski definition) is 2. The van der Waals surface area contributed by atoms with Gasteiger partial charge in [-0.3, -0.25) is 9.59 Å². The van der Waals surface area contributed by atoms with E-state index in [2.05, 4.69) is 0 Å². The van der Waals surface area contributed by atoms with Crippen LogP contribution in [0.15, 0.2) is 0 Å². The zero-order valence-corrected chi connectivity index (χ0v) is 12.1. The summed E-state index contributed by atoms with van der Waals surface area (Å²) in [5.41, 5.74) is -0.623. The lowest BCUT2D eigenvalue weighted by atomic mass is 9.81. The summed E-state index contributed by atoms with van der Waals surface area (Å²) in [5, 5.41) is 9.56. The Hall–Kier alpha value is -1.06. The summed E-state index contributed by atoms with van der Waals surface area (Å²) >= 11 is 0. The highest BCUT2D eigenvalue weighted by Crippen LogP contribution is 2.49. The molecule has 2 aliphatic carbocycles. The molecule has 0 spiro atoms. The number of carboxylic acids is 1. The number of nitrogens with zero attached hydrogens (tertiary/aromatic N) is 1. The molecule has 20 heavy (non-hydrogen) atoms. The fourth-order valence-corrected chi connectivity index (χ4v) is 4.60. The Morgan fingerprint density at radius 1 is 1.10 bits per heavy atom. The lowest BCUT2D eigenvalue weighted by molar-refractivity contribution is -0.149.